The minimum atomic E-state index is -0.482. The fourth-order valence-electron chi connectivity index (χ4n) is 3.34. The maximum absolute atomic E-state index is 10.7. The molecule has 1 fully saturated rings. The standard InChI is InChI=1S/C16H24O/c1-12-7-13(2)9-14(8-12)10-16(17)6-5-15(3,4)11-16/h7-9,17H,5-6,10-11H2,1-4H3. The zero-order valence-corrected chi connectivity index (χ0v) is 11.5. The third kappa shape index (κ3) is 3.10. The van der Waals surface area contributed by atoms with Crippen LogP contribution in [-0.4, -0.2) is 10.7 Å². The van der Waals surface area contributed by atoms with Crippen molar-refractivity contribution in [2.45, 2.75) is 59.0 Å². The van der Waals surface area contributed by atoms with Crippen LogP contribution in [0.15, 0.2) is 18.2 Å². The zero-order chi connectivity index (χ0) is 12.7. The summed E-state index contributed by atoms with van der Waals surface area (Å²) >= 11 is 0. The summed E-state index contributed by atoms with van der Waals surface area (Å²) in [5.74, 6) is 0. The number of benzene rings is 1. The van der Waals surface area contributed by atoms with Gasteiger partial charge in [0, 0.05) is 6.42 Å². The van der Waals surface area contributed by atoms with Gasteiger partial charge >= 0.3 is 0 Å². The van der Waals surface area contributed by atoms with Gasteiger partial charge in [-0.15, -0.1) is 0 Å². The monoisotopic (exact) mass is 232 g/mol. The van der Waals surface area contributed by atoms with Crippen molar-refractivity contribution in [3.63, 3.8) is 0 Å². The highest BCUT2D eigenvalue weighted by atomic mass is 16.3. The summed E-state index contributed by atoms with van der Waals surface area (Å²) in [6.45, 7) is 8.76. The van der Waals surface area contributed by atoms with Crippen molar-refractivity contribution in [3.05, 3.63) is 34.9 Å². The average molecular weight is 232 g/mol. The number of aliphatic hydroxyl groups is 1. The predicted molar refractivity (Wildman–Crippen MR) is 72.2 cm³/mol. The van der Waals surface area contributed by atoms with E-state index in [-0.39, 0.29) is 0 Å². The molecular formula is C16H24O. The molecule has 1 atom stereocenters. The van der Waals surface area contributed by atoms with Crippen LogP contribution in [0.3, 0.4) is 0 Å². The Morgan fingerprint density at radius 2 is 1.65 bits per heavy atom. The van der Waals surface area contributed by atoms with E-state index in [0.29, 0.717) is 5.41 Å². The maximum atomic E-state index is 10.7. The Morgan fingerprint density at radius 3 is 2.12 bits per heavy atom. The summed E-state index contributed by atoms with van der Waals surface area (Å²) < 4.78 is 0. The normalized spacial score (nSPS) is 27.4. The van der Waals surface area contributed by atoms with Crippen LogP contribution in [0, 0.1) is 19.3 Å². The van der Waals surface area contributed by atoms with Gasteiger partial charge in [0.1, 0.15) is 0 Å². The van der Waals surface area contributed by atoms with E-state index in [0.717, 1.165) is 25.7 Å². The topological polar surface area (TPSA) is 20.2 Å². The molecule has 1 aliphatic carbocycles. The van der Waals surface area contributed by atoms with E-state index in [1.54, 1.807) is 0 Å². The number of rotatable bonds is 2. The second kappa shape index (κ2) is 4.13. The number of aryl methyl sites for hydroxylation is 2. The Labute approximate surface area is 105 Å². The molecule has 1 heteroatoms. The molecule has 2 rings (SSSR count). The van der Waals surface area contributed by atoms with Crippen LogP contribution in [0.1, 0.15) is 49.8 Å². The van der Waals surface area contributed by atoms with Crippen LogP contribution < -0.4 is 0 Å². The molecule has 1 N–H and O–H groups in total. The first-order valence-electron chi connectivity index (χ1n) is 6.58. The van der Waals surface area contributed by atoms with E-state index >= 15 is 0 Å². The first-order valence-corrected chi connectivity index (χ1v) is 6.58. The Balaban J connectivity index is 2.16. The first kappa shape index (κ1) is 12.6. The highest BCUT2D eigenvalue weighted by molar-refractivity contribution is 5.29. The Bertz CT molecular complexity index is 399. The lowest BCUT2D eigenvalue weighted by Crippen LogP contribution is -2.29. The molecule has 0 heterocycles. The lowest BCUT2D eigenvalue weighted by Gasteiger charge is -2.25. The molecule has 0 bridgehead atoms. The van der Waals surface area contributed by atoms with Gasteiger partial charge in [0.05, 0.1) is 5.60 Å². The predicted octanol–water partition coefficient (Wildman–Crippen LogP) is 3.79. The van der Waals surface area contributed by atoms with Gasteiger partial charge < -0.3 is 5.11 Å². The van der Waals surface area contributed by atoms with Gasteiger partial charge in [0.2, 0.25) is 0 Å². The van der Waals surface area contributed by atoms with E-state index in [9.17, 15) is 5.11 Å². The molecule has 94 valence electrons. The molecule has 1 nitrogen and oxygen atoms in total. The van der Waals surface area contributed by atoms with Crippen molar-refractivity contribution in [3.8, 4) is 0 Å². The summed E-state index contributed by atoms with van der Waals surface area (Å²) in [6.07, 6.45) is 3.80. The summed E-state index contributed by atoms with van der Waals surface area (Å²) in [6, 6.07) is 6.60. The number of hydrogen-bond acceptors (Lipinski definition) is 1. The molecule has 0 aromatic heterocycles. The molecule has 1 unspecified atom stereocenters. The Hall–Kier alpha value is -0.820. The lowest BCUT2D eigenvalue weighted by molar-refractivity contribution is 0.0379. The smallest absolute Gasteiger partial charge is 0.0693 e. The molecule has 0 radical (unpaired) electrons. The van der Waals surface area contributed by atoms with Gasteiger partial charge in [-0.2, -0.15) is 0 Å². The fraction of sp³-hybridized carbons (Fsp3) is 0.625. The van der Waals surface area contributed by atoms with Gasteiger partial charge in [-0.1, -0.05) is 43.2 Å². The number of hydrogen-bond donors (Lipinski definition) is 1. The van der Waals surface area contributed by atoms with Crippen LogP contribution in [0.4, 0.5) is 0 Å². The molecule has 0 amide bonds. The summed E-state index contributed by atoms with van der Waals surface area (Å²) in [7, 11) is 0. The Morgan fingerprint density at radius 1 is 1.06 bits per heavy atom. The zero-order valence-electron chi connectivity index (χ0n) is 11.5. The summed E-state index contributed by atoms with van der Waals surface area (Å²) in [5, 5.41) is 10.7. The van der Waals surface area contributed by atoms with Gasteiger partial charge in [-0.25, -0.2) is 0 Å². The van der Waals surface area contributed by atoms with Crippen molar-refractivity contribution in [1.82, 2.24) is 0 Å². The van der Waals surface area contributed by atoms with Crippen molar-refractivity contribution >= 4 is 0 Å². The molecule has 1 aliphatic rings. The SMILES string of the molecule is Cc1cc(C)cc(CC2(O)CCC(C)(C)C2)c1. The first-order chi connectivity index (χ1) is 7.78. The van der Waals surface area contributed by atoms with E-state index < -0.39 is 5.60 Å². The van der Waals surface area contributed by atoms with Gasteiger partial charge in [-0.05, 0) is 44.1 Å². The minimum Gasteiger partial charge on any atom is -0.390 e. The molecule has 0 aliphatic heterocycles. The summed E-state index contributed by atoms with van der Waals surface area (Å²) in [4.78, 5) is 0. The van der Waals surface area contributed by atoms with E-state index in [1.807, 2.05) is 0 Å². The average Bonchev–Trinajstić information content (AvgIpc) is 2.37. The molecule has 1 saturated carbocycles. The van der Waals surface area contributed by atoms with E-state index in [1.165, 1.54) is 16.7 Å². The van der Waals surface area contributed by atoms with Crippen molar-refractivity contribution in [1.29, 1.82) is 0 Å². The van der Waals surface area contributed by atoms with Crippen LogP contribution in [0.5, 0.6) is 0 Å². The highest BCUT2D eigenvalue weighted by Gasteiger charge is 2.41. The lowest BCUT2D eigenvalue weighted by atomic mass is 9.86. The largest absolute Gasteiger partial charge is 0.390 e. The molecule has 17 heavy (non-hydrogen) atoms. The van der Waals surface area contributed by atoms with Crippen LogP contribution >= 0.6 is 0 Å². The summed E-state index contributed by atoms with van der Waals surface area (Å²) in [5.41, 5.74) is 3.68. The minimum absolute atomic E-state index is 0.299. The van der Waals surface area contributed by atoms with E-state index in [4.69, 9.17) is 0 Å². The molecule has 1 aromatic rings. The van der Waals surface area contributed by atoms with Gasteiger partial charge in [0.25, 0.3) is 0 Å². The van der Waals surface area contributed by atoms with Crippen LogP contribution in [-0.2, 0) is 6.42 Å². The van der Waals surface area contributed by atoms with Gasteiger partial charge in [-0.3, -0.25) is 0 Å². The van der Waals surface area contributed by atoms with Gasteiger partial charge in [0.15, 0.2) is 0 Å². The molecule has 1 aromatic carbocycles. The highest BCUT2D eigenvalue weighted by Crippen LogP contribution is 2.45. The Kier molecular flexibility index (Phi) is 3.07. The van der Waals surface area contributed by atoms with Crippen molar-refractivity contribution in [2.24, 2.45) is 5.41 Å². The molecule has 0 saturated heterocycles. The van der Waals surface area contributed by atoms with Crippen LogP contribution in [0.25, 0.3) is 0 Å². The molecular weight excluding hydrogens is 208 g/mol. The van der Waals surface area contributed by atoms with Crippen LogP contribution in [0.2, 0.25) is 0 Å². The maximum Gasteiger partial charge on any atom is 0.0693 e. The molecule has 0 spiro atoms. The fourth-order valence-corrected chi connectivity index (χ4v) is 3.34. The second-order valence-corrected chi connectivity index (χ2v) is 6.74. The second-order valence-electron chi connectivity index (χ2n) is 6.74. The van der Waals surface area contributed by atoms with E-state index in [2.05, 4.69) is 45.9 Å². The third-order valence-electron chi connectivity index (χ3n) is 3.89. The van der Waals surface area contributed by atoms with Crippen molar-refractivity contribution in [2.75, 3.05) is 0 Å². The third-order valence-corrected chi connectivity index (χ3v) is 3.89. The quantitative estimate of drug-likeness (QED) is 0.822. The van der Waals surface area contributed by atoms with Crippen molar-refractivity contribution < 1.29 is 5.11 Å².